The molecule has 3 aromatic rings. The van der Waals surface area contributed by atoms with Crippen LogP contribution in [0, 0.1) is 10.1 Å². The van der Waals surface area contributed by atoms with Crippen molar-refractivity contribution in [2.24, 2.45) is 0 Å². The van der Waals surface area contributed by atoms with Crippen LogP contribution in [0.15, 0.2) is 55.1 Å². The molecule has 0 N–H and O–H groups in total. The van der Waals surface area contributed by atoms with Gasteiger partial charge in [0.05, 0.1) is 11.1 Å². The predicted octanol–water partition coefficient (Wildman–Crippen LogP) is 3.27. The molecule has 0 fully saturated rings. The van der Waals surface area contributed by atoms with Gasteiger partial charge in [-0.15, -0.1) is 0 Å². The van der Waals surface area contributed by atoms with Crippen LogP contribution in [0.3, 0.4) is 0 Å². The zero-order valence-corrected chi connectivity index (χ0v) is 13.1. The number of hydrogen-bond donors (Lipinski definition) is 0. The zero-order valence-electron chi connectivity index (χ0n) is 13.1. The van der Waals surface area contributed by atoms with Crippen molar-refractivity contribution < 1.29 is 9.66 Å². The Kier molecular flexibility index (Phi) is 3.70. The highest BCUT2D eigenvalue weighted by molar-refractivity contribution is 5.75. The Bertz CT molecular complexity index is 933. The largest absolute Gasteiger partial charge is 0.432 e. The maximum Gasteiger partial charge on any atom is 0.373 e. The van der Waals surface area contributed by atoms with E-state index in [0.29, 0.717) is 12.3 Å². The van der Waals surface area contributed by atoms with Gasteiger partial charge in [0.25, 0.3) is 0 Å². The minimum Gasteiger partial charge on any atom is -0.432 e. The molecular weight excluding hydrogens is 322 g/mol. The van der Waals surface area contributed by atoms with Gasteiger partial charge in [-0.05, 0) is 30.2 Å². The Morgan fingerprint density at radius 3 is 2.84 bits per heavy atom. The summed E-state index contributed by atoms with van der Waals surface area (Å²) in [7, 11) is 0. The van der Waals surface area contributed by atoms with E-state index in [1.165, 1.54) is 12.5 Å². The molecule has 0 amide bonds. The van der Waals surface area contributed by atoms with E-state index in [0.717, 1.165) is 17.7 Å². The maximum absolute atomic E-state index is 11.7. The number of nitrogens with zero attached hydrogens (tertiary/aromatic N) is 5. The minimum absolute atomic E-state index is 0.104. The van der Waals surface area contributed by atoms with Crippen LogP contribution >= 0.6 is 0 Å². The smallest absolute Gasteiger partial charge is 0.373 e. The van der Waals surface area contributed by atoms with Gasteiger partial charge in [0, 0.05) is 18.4 Å². The number of fused-ring (bicyclic) bond motifs is 1. The Morgan fingerprint density at radius 2 is 2.04 bits per heavy atom. The number of para-hydroxylation sites is 1. The van der Waals surface area contributed by atoms with Crippen LogP contribution in [0.4, 0.5) is 17.2 Å². The van der Waals surface area contributed by atoms with Gasteiger partial charge >= 0.3 is 11.6 Å². The van der Waals surface area contributed by atoms with Crippen molar-refractivity contribution >= 4 is 17.2 Å². The third kappa shape index (κ3) is 2.74. The molecule has 0 saturated carbocycles. The summed E-state index contributed by atoms with van der Waals surface area (Å²) in [6, 6.07) is 11.1. The standard InChI is InChI=1S/C17H13N5O3/c23-22(24)15-16(21-9-7-12-4-1-2-6-14(12)21)19-11-20-17(15)25-13-5-3-8-18-10-13/h1-6,8,10-11H,7,9H2. The van der Waals surface area contributed by atoms with Gasteiger partial charge in [-0.25, -0.2) is 4.98 Å². The van der Waals surface area contributed by atoms with Crippen molar-refractivity contribution in [2.75, 3.05) is 11.4 Å². The van der Waals surface area contributed by atoms with Crippen molar-refractivity contribution in [3.05, 3.63) is 70.8 Å². The highest BCUT2D eigenvalue weighted by Gasteiger charge is 2.32. The molecule has 0 aliphatic carbocycles. The lowest BCUT2D eigenvalue weighted by Crippen LogP contribution is -2.17. The van der Waals surface area contributed by atoms with E-state index in [4.69, 9.17) is 4.74 Å². The van der Waals surface area contributed by atoms with Gasteiger partial charge in [0.1, 0.15) is 12.1 Å². The van der Waals surface area contributed by atoms with Crippen molar-refractivity contribution in [3.63, 3.8) is 0 Å². The van der Waals surface area contributed by atoms with Crippen molar-refractivity contribution in [3.8, 4) is 11.6 Å². The third-order valence-electron chi connectivity index (χ3n) is 3.94. The Morgan fingerprint density at radius 1 is 1.16 bits per heavy atom. The fourth-order valence-electron chi connectivity index (χ4n) is 2.86. The van der Waals surface area contributed by atoms with Gasteiger partial charge in [0.2, 0.25) is 5.82 Å². The number of rotatable bonds is 4. The van der Waals surface area contributed by atoms with E-state index in [9.17, 15) is 10.1 Å². The second kappa shape index (κ2) is 6.16. The summed E-state index contributed by atoms with van der Waals surface area (Å²) in [4.78, 5) is 25.1. The summed E-state index contributed by atoms with van der Waals surface area (Å²) < 4.78 is 5.58. The second-order valence-corrected chi connectivity index (χ2v) is 5.43. The predicted molar refractivity (Wildman–Crippen MR) is 90.1 cm³/mol. The molecule has 25 heavy (non-hydrogen) atoms. The normalized spacial score (nSPS) is 12.7. The van der Waals surface area contributed by atoms with Crippen LogP contribution in [-0.4, -0.2) is 26.4 Å². The lowest BCUT2D eigenvalue weighted by molar-refractivity contribution is -0.385. The molecule has 0 atom stereocenters. The molecule has 3 heterocycles. The summed E-state index contributed by atoms with van der Waals surface area (Å²) in [5.74, 6) is 0.494. The summed E-state index contributed by atoms with van der Waals surface area (Å²) in [6.07, 6.45) is 5.13. The molecule has 1 aliphatic rings. The SMILES string of the molecule is O=[N+]([O-])c1c(Oc2cccnc2)ncnc1N1CCc2ccccc21. The van der Waals surface area contributed by atoms with E-state index in [1.807, 2.05) is 29.2 Å². The van der Waals surface area contributed by atoms with E-state index < -0.39 is 4.92 Å². The van der Waals surface area contributed by atoms with Gasteiger partial charge in [-0.3, -0.25) is 15.1 Å². The molecule has 8 nitrogen and oxygen atoms in total. The number of anilines is 2. The number of pyridine rings is 1. The lowest BCUT2D eigenvalue weighted by Gasteiger charge is -2.18. The van der Waals surface area contributed by atoms with Crippen LogP contribution in [0.5, 0.6) is 11.6 Å². The minimum atomic E-state index is -0.512. The van der Waals surface area contributed by atoms with E-state index in [-0.39, 0.29) is 17.4 Å². The first-order valence-corrected chi connectivity index (χ1v) is 7.67. The number of nitro groups is 1. The quantitative estimate of drug-likeness (QED) is 0.533. The molecule has 0 bridgehead atoms. The van der Waals surface area contributed by atoms with Crippen LogP contribution in [-0.2, 0) is 6.42 Å². The fraction of sp³-hybridized carbons (Fsp3) is 0.118. The molecule has 0 unspecified atom stereocenters. The monoisotopic (exact) mass is 335 g/mol. The summed E-state index contributed by atoms with van der Waals surface area (Å²) in [6.45, 7) is 0.615. The van der Waals surface area contributed by atoms with E-state index >= 15 is 0 Å². The summed E-state index contributed by atoms with van der Waals surface area (Å²) in [5.41, 5.74) is 1.78. The zero-order chi connectivity index (χ0) is 17.2. The van der Waals surface area contributed by atoms with Crippen LogP contribution < -0.4 is 9.64 Å². The van der Waals surface area contributed by atoms with Gasteiger partial charge in [-0.1, -0.05) is 18.2 Å². The highest BCUT2D eigenvalue weighted by atomic mass is 16.6. The van der Waals surface area contributed by atoms with Crippen molar-refractivity contribution in [2.45, 2.75) is 6.42 Å². The average Bonchev–Trinajstić information content (AvgIpc) is 3.06. The molecule has 1 aliphatic heterocycles. The van der Waals surface area contributed by atoms with Crippen molar-refractivity contribution in [1.82, 2.24) is 15.0 Å². The third-order valence-corrected chi connectivity index (χ3v) is 3.94. The van der Waals surface area contributed by atoms with Crippen LogP contribution in [0.1, 0.15) is 5.56 Å². The molecule has 124 valence electrons. The molecule has 0 saturated heterocycles. The first-order chi connectivity index (χ1) is 12.2. The number of benzene rings is 1. The molecule has 2 aromatic heterocycles. The van der Waals surface area contributed by atoms with Gasteiger partial charge in [0.15, 0.2) is 0 Å². The maximum atomic E-state index is 11.7. The fourth-order valence-corrected chi connectivity index (χ4v) is 2.86. The van der Waals surface area contributed by atoms with Crippen LogP contribution in [0.2, 0.25) is 0 Å². The lowest BCUT2D eigenvalue weighted by atomic mass is 10.2. The second-order valence-electron chi connectivity index (χ2n) is 5.43. The Labute approximate surface area is 142 Å². The topological polar surface area (TPSA) is 94.3 Å². The summed E-state index contributed by atoms with van der Waals surface area (Å²) in [5, 5.41) is 11.7. The molecule has 1 aromatic carbocycles. The Balaban J connectivity index is 1.79. The van der Waals surface area contributed by atoms with Gasteiger partial charge < -0.3 is 9.64 Å². The van der Waals surface area contributed by atoms with E-state index in [1.54, 1.807) is 18.3 Å². The summed E-state index contributed by atoms with van der Waals surface area (Å²) >= 11 is 0. The number of aromatic nitrogens is 3. The first-order valence-electron chi connectivity index (χ1n) is 7.67. The molecular formula is C17H13N5O3. The molecule has 8 heteroatoms. The number of hydrogen-bond acceptors (Lipinski definition) is 7. The average molecular weight is 335 g/mol. The van der Waals surface area contributed by atoms with E-state index in [2.05, 4.69) is 15.0 Å². The van der Waals surface area contributed by atoms with Crippen LogP contribution in [0.25, 0.3) is 0 Å². The highest BCUT2D eigenvalue weighted by Crippen LogP contribution is 2.41. The molecule has 0 spiro atoms. The number of ether oxygens (including phenoxy) is 1. The Hall–Kier alpha value is -3.55. The molecule has 4 rings (SSSR count). The van der Waals surface area contributed by atoms with Gasteiger partial charge in [-0.2, -0.15) is 4.98 Å². The molecule has 0 radical (unpaired) electrons. The first kappa shape index (κ1) is 15.0. The van der Waals surface area contributed by atoms with Crippen molar-refractivity contribution in [1.29, 1.82) is 0 Å².